The van der Waals surface area contributed by atoms with E-state index in [2.05, 4.69) is 6.92 Å². The first-order valence-corrected chi connectivity index (χ1v) is 15.2. The predicted octanol–water partition coefficient (Wildman–Crippen LogP) is 9.35. The van der Waals surface area contributed by atoms with Crippen LogP contribution in [-0.4, -0.2) is 34.1 Å². The monoisotopic (exact) mass is 469 g/mol. The summed E-state index contributed by atoms with van der Waals surface area (Å²) in [6, 6.07) is 0. The fourth-order valence-electron chi connectivity index (χ4n) is 4.94. The molecule has 0 aliphatic rings. The van der Waals surface area contributed by atoms with Gasteiger partial charge in [0.05, 0.1) is 0 Å². The smallest absolute Gasteiger partial charge is 0.106 e. The molecular weight excluding hydrogens is 406 g/mol. The second-order valence-corrected chi connectivity index (χ2v) is 10.6. The summed E-state index contributed by atoms with van der Waals surface area (Å²) in [6.07, 6.45) is 32.6. The molecule has 2 atom stereocenters. The third-order valence-electron chi connectivity index (χ3n) is 7.23. The molecule has 0 saturated carbocycles. The summed E-state index contributed by atoms with van der Waals surface area (Å²) < 4.78 is 0. The van der Waals surface area contributed by atoms with Gasteiger partial charge in [0.15, 0.2) is 0 Å². The molecule has 3 nitrogen and oxygen atoms in total. The van der Waals surface area contributed by atoms with Gasteiger partial charge in [-0.25, -0.2) is 0 Å². The van der Waals surface area contributed by atoms with Gasteiger partial charge in [-0.1, -0.05) is 155 Å². The van der Waals surface area contributed by atoms with Crippen molar-refractivity contribution < 1.29 is 10.2 Å². The van der Waals surface area contributed by atoms with Crippen LogP contribution in [0.15, 0.2) is 0 Å². The van der Waals surface area contributed by atoms with Gasteiger partial charge in [0.1, 0.15) is 12.5 Å². The zero-order chi connectivity index (χ0) is 24.4. The maximum atomic E-state index is 9.63. The van der Waals surface area contributed by atoms with Gasteiger partial charge in [0, 0.05) is 6.54 Å². The van der Waals surface area contributed by atoms with Crippen LogP contribution in [0, 0.1) is 0 Å². The van der Waals surface area contributed by atoms with Crippen molar-refractivity contribution in [1.29, 1.82) is 0 Å². The molecule has 0 saturated heterocycles. The summed E-state index contributed by atoms with van der Waals surface area (Å²) in [5, 5.41) is 19.3. The fraction of sp³-hybridized carbons (Fsp3) is 1.00. The summed E-state index contributed by atoms with van der Waals surface area (Å²) >= 11 is 0. The molecular formula is C30H63NO2. The van der Waals surface area contributed by atoms with Crippen molar-refractivity contribution in [3.8, 4) is 0 Å². The lowest BCUT2D eigenvalue weighted by Crippen LogP contribution is -2.40. The average Bonchev–Trinajstić information content (AvgIpc) is 2.78. The zero-order valence-electron chi connectivity index (χ0n) is 23.2. The van der Waals surface area contributed by atoms with Crippen molar-refractivity contribution in [3.63, 3.8) is 0 Å². The van der Waals surface area contributed by atoms with E-state index in [9.17, 15) is 10.2 Å². The minimum absolute atomic E-state index is 0.561. The molecule has 0 aromatic rings. The van der Waals surface area contributed by atoms with Crippen molar-refractivity contribution in [2.45, 2.75) is 187 Å². The molecule has 2 unspecified atom stereocenters. The van der Waals surface area contributed by atoms with E-state index in [1.165, 1.54) is 148 Å². The van der Waals surface area contributed by atoms with E-state index < -0.39 is 12.5 Å². The Hall–Kier alpha value is -0.120. The summed E-state index contributed by atoms with van der Waals surface area (Å²) in [6.45, 7) is 6.54. The lowest BCUT2D eigenvalue weighted by Gasteiger charge is -2.27. The molecule has 3 heteroatoms. The summed E-state index contributed by atoms with van der Waals surface area (Å²) in [7, 11) is 0. The lowest BCUT2D eigenvalue weighted by atomic mass is 10.0. The second-order valence-electron chi connectivity index (χ2n) is 10.6. The minimum atomic E-state index is -0.561. The molecule has 0 fully saturated rings. The van der Waals surface area contributed by atoms with Crippen LogP contribution < -0.4 is 0 Å². The van der Waals surface area contributed by atoms with Gasteiger partial charge in [-0.3, -0.25) is 4.90 Å². The highest BCUT2D eigenvalue weighted by Gasteiger charge is 2.14. The van der Waals surface area contributed by atoms with Crippen molar-refractivity contribution >= 4 is 0 Å². The van der Waals surface area contributed by atoms with Crippen LogP contribution >= 0.6 is 0 Å². The predicted molar refractivity (Wildman–Crippen MR) is 147 cm³/mol. The largest absolute Gasteiger partial charge is 0.379 e. The van der Waals surface area contributed by atoms with E-state index in [-0.39, 0.29) is 0 Å². The van der Waals surface area contributed by atoms with E-state index >= 15 is 0 Å². The van der Waals surface area contributed by atoms with Crippen molar-refractivity contribution in [2.24, 2.45) is 0 Å². The Morgan fingerprint density at radius 1 is 0.394 bits per heavy atom. The molecule has 0 aliphatic carbocycles. The first kappa shape index (κ1) is 32.9. The van der Waals surface area contributed by atoms with Crippen molar-refractivity contribution in [2.75, 3.05) is 6.54 Å². The van der Waals surface area contributed by atoms with Crippen molar-refractivity contribution in [3.05, 3.63) is 0 Å². The highest BCUT2D eigenvalue weighted by atomic mass is 16.3. The van der Waals surface area contributed by atoms with Crippen LogP contribution in [-0.2, 0) is 0 Å². The van der Waals surface area contributed by atoms with Crippen LogP contribution in [0.25, 0.3) is 0 Å². The molecule has 0 heterocycles. The molecule has 0 aromatic heterocycles. The fourth-order valence-corrected chi connectivity index (χ4v) is 4.94. The van der Waals surface area contributed by atoms with Crippen LogP contribution in [0.5, 0.6) is 0 Å². The maximum Gasteiger partial charge on any atom is 0.106 e. The van der Waals surface area contributed by atoms with E-state index in [4.69, 9.17) is 0 Å². The minimum Gasteiger partial charge on any atom is -0.379 e. The number of nitrogens with zero attached hydrogens (tertiary/aromatic N) is 1. The molecule has 2 N–H and O–H groups in total. The number of aliphatic hydroxyl groups excluding tert-OH is 2. The highest BCUT2D eigenvalue weighted by Crippen LogP contribution is 2.16. The number of rotatable bonds is 27. The van der Waals surface area contributed by atoms with Crippen LogP contribution in [0.4, 0.5) is 0 Å². The van der Waals surface area contributed by atoms with Crippen LogP contribution in [0.2, 0.25) is 0 Å². The lowest BCUT2D eigenvalue weighted by molar-refractivity contribution is -0.0844. The Morgan fingerprint density at radius 3 is 0.818 bits per heavy atom. The molecule has 0 aromatic carbocycles. The molecule has 0 radical (unpaired) electrons. The normalized spacial score (nSPS) is 13.6. The van der Waals surface area contributed by atoms with Gasteiger partial charge in [0.25, 0.3) is 0 Å². The molecule has 33 heavy (non-hydrogen) atoms. The molecule has 0 aliphatic heterocycles. The number of hydrogen-bond donors (Lipinski definition) is 2. The summed E-state index contributed by atoms with van der Waals surface area (Å²) in [4.78, 5) is 1.75. The molecule has 0 spiro atoms. The SMILES string of the molecule is CCCCCCCCCCCCCCCCCCCCCCCCCCN(C(C)O)C(C)O. The Morgan fingerprint density at radius 2 is 0.606 bits per heavy atom. The number of aliphatic hydroxyl groups is 2. The van der Waals surface area contributed by atoms with Gasteiger partial charge >= 0.3 is 0 Å². The van der Waals surface area contributed by atoms with Gasteiger partial charge in [-0.2, -0.15) is 0 Å². The Balaban J connectivity index is 3.13. The molecule has 0 bridgehead atoms. The first-order chi connectivity index (χ1) is 16.1. The third kappa shape index (κ3) is 24.8. The molecule has 0 rings (SSSR count). The first-order valence-electron chi connectivity index (χ1n) is 15.2. The second kappa shape index (κ2) is 26.5. The van der Waals surface area contributed by atoms with Gasteiger partial charge in [-0.15, -0.1) is 0 Å². The Kier molecular flexibility index (Phi) is 26.4. The van der Waals surface area contributed by atoms with Crippen LogP contribution in [0.3, 0.4) is 0 Å². The van der Waals surface area contributed by atoms with Gasteiger partial charge < -0.3 is 10.2 Å². The maximum absolute atomic E-state index is 9.63. The van der Waals surface area contributed by atoms with E-state index in [0.717, 1.165) is 13.0 Å². The van der Waals surface area contributed by atoms with E-state index in [1.54, 1.807) is 18.7 Å². The Labute approximate surface area is 209 Å². The standard InChI is InChI=1S/C30H63NO2/c1-4-5-6-7-8-9-10-11-12-13-14-15-16-17-18-19-20-21-22-23-24-25-26-27-28-31(29(2)32)30(3)33/h29-30,32-33H,4-28H2,1-3H3. The van der Waals surface area contributed by atoms with E-state index in [0.29, 0.717) is 0 Å². The van der Waals surface area contributed by atoms with Gasteiger partial charge in [0.2, 0.25) is 0 Å². The molecule has 200 valence electrons. The quantitative estimate of drug-likeness (QED) is 0.0930. The summed E-state index contributed by atoms with van der Waals surface area (Å²) in [5.74, 6) is 0. The van der Waals surface area contributed by atoms with Gasteiger partial charge in [-0.05, 0) is 20.3 Å². The third-order valence-corrected chi connectivity index (χ3v) is 7.23. The Bertz CT molecular complexity index is 351. The van der Waals surface area contributed by atoms with E-state index in [1.807, 2.05) is 0 Å². The highest BCUT2D eigenvalue weighted by molar-refractivity contribution is 4.59. The molecule has 0 amide bonds. The topological polar surface area (TPSA) is 43.7 Å². The average molecular weight is 470 g/mol. The summed E-state index contributed by atoms with van der Waals surface area (Å²) in [5.41, 5.74) is 0. The van der Waals surface area contributed by atoms with Crippen LogP contribution in [0.1, 0.15) is 175 Å². The zero-order valence-corrected chi connectivity index (χ0v) is 23.2. The number of unbranched alkanes of at least 4 members (excludes halogenated alkanes) is 23. The van der Waals surface area contributed by atoms with Crippen molar-refractivity contribution in [1.82, 2.24) is 4.90 Å². The number of hydrogen-bond acceptors (Lipinski definition) is 3.